The Kier molecular flexibility index (Phi) is 3.51. The van der Waals surface area contributed by atoms with Crippen LogP contribution in [0.4, 0.5) is 5.95 Å². The third-order valence-electron chi connectivity index (χ3n) is 3.79. The largest absolute Gasteiger partial charge is 0.368 e. The molecule has 0 unspecified atom stereocenters. The van der Waals surface area contributed by atoms with Crippen LogP contribution in [-0.4, -0.2) is 14.8 Å². The molecule has 1 saturated carbocycles. The zero-order chi connectivity index (χ0) is 15.0. The van der Waals surface area contributed by atoms with E-state index < -0.39 is 0 Å². The van der Waals surface area contributed by atoms with Crippen LogP contribution in [0.3, 0.4) is 0 Å². The average Bonchev–Trinajstić information content (AvgIpc) is 3.26. The van der Waals surface area contributed by atoms with Gasteiger partial charge in [-0.25, -0.2) is 5.10 Å². The maximum atomic E-state index is 5.94. The lowest BCUT2D eigenvalue weighted by molar-refractivity contribution is 1.02. The average molecular weight is 298 g/mol. The van der Waals surface area contributed by atoms with Gasteiger partial charge in [-0.15, -0.1) is 5.10 Å². The first-order valence-electron chi connectivity index (χ1n) is 7.02. The van der Waals surface area contributed by atoms with Crippen LogP contribution in [0.2, 0.25) is 0 Å². The van der Waals surface area contributed by atoms with Crippen molar-refractivity contribution in [1.29, 1.82) is 0 Å². The Morgan fingerprint density at radius 1 is 1.43 bits per heavy atom. The Morgan fingerprint density at radius 3 is 2.71 bits per heavy atom. The molecule has 0 spiro atoms. The van der Waals surface area contributed by atoms with Gasteiger partial charge in [0.15, 0.2) is 0 Å². The van der Waals surface area contributed by atoms with E-state index in [4.69, 9.17) is 18.0 Å². The number of H-pyrrole nitrogens is 1. The Hall–Kier alpha value is -2.14. The predicted octanol–water partition coefficient (Wildman–Crippen LogP) is 4.07. The second kappa shape index (κ2) is 5.33. The molecule has 108 valence electrons. The Balaban J connectivity index is 2.30. The Labute approximate surface area is 129 Å². The molecule has 5 heteroatoms. The van der Waals surface area contributed by atoms with E-state index in [1.807, 2.05) is 19.1 Å². The Morgan fingerprint density at radius 2 is 2.19 bits per heavy atom. The van der Waals surface area contributed by atoms with Crippen molar-refractivity contribution in [2.45, 2.75) is 25.7 Å². The fraction of sp³-hybridized carbons (Fsp3) is 0.250. The van der Waals surface area contributed by atoms with Gasteiger partial charge in [-0.3, -0.25) is 4.57 Å². The summed E-state index contributed by atoms with van der Waals surface area (Å²) in [7, 11) is 0. The highest BCUT2D eigenvalue weighted by molar-refractivity contribution is 7.71. The first-order valence-corrected chi connectivity index (χ1v) is 7.43. The highest BCUT2D eigenvalue weighted by Crippen LogP contribution is 2.44. The summed E-state index contributed by atoms with van der Waals surface area (Å²) in [5.41, 5.74) is 10.5. The van der Waals surface area contributed by atoms with Crippen molar-refractivity contribution < 1.29 is 0 Å². The molecule has 3 N–H and O–H groups in total. The maximum absolute atomic E-state index is 5.94. The van der Waals surface area contributed by atoms with E-state index in [0.717, 1.165) is 16.8 Å². The third-order valence-corrected chi connectivity index (χ3v) is 4.07. The SMILES string of the molecule is C=Cc1c(C2CC2)ccc(-n2c(N)n[nH]c2=S)c1/C=C\C. The van der Waals surface area contributed by atoms with Crippen molar-refractivity contribution in [3.05, 3.63) is 46.2 Å². The minimum Gasteiger partial charge on any atom is -0.368 e. The summed E-state index contributed by atoms with van der Waals surface area (Å²) < 4.78 is 2.25. The van der Waals surface area contributed by atoms with Crippen LogP contribution < -0.4 is 5.73 Å². The zero-order valence-electron chi connectivity index (χ0n) is 12.0. The quantitative estimate of drug-likeness (QED) is 0.837. The van der Waals surface area contributed by atoms with Gasteiger partial charge in [0.1, 0.15) is 0 Å². The molecule has 1 heterocycles. The molecule has 1 aliphatic rings. The molecule has 2 aromatic rings. The van der Waals surface area contributed by atoms with E-state index in [-0.39, 0.29) is 0 Å². The number of nitrogens with two attached hydrogens (primary N) is 1. The summed E-state index contributed by atoms with van der Waals surface area (Å²) >= 11 is 5.29. The number of nitrogens with zero attached hydrogens (tertiary/aromatic N) is 2. The summed E-state index contributed by atoms with van der Waals surface area (Å²) in [6, 6.07) is 4.23. The van der Waals surface area contributed by atoms with Gasteiger partial charge in [0.05, 0.1) is 5.69 Å². The number of rotatable bonds is 4. The fourth-order valence-electron chi connectivity index (χ4n) is 2.70. The van der Waals surface area contributed by atoms with Gasteiger partial charge in [-0.2, -0.15) is 0 Å². The number of allylic oxidation sites excluding steroid dienone is 1. The van der Waals surface area contributed by atoms with Gasteiger partial charge in [0.25, 0.3) is 0 Å². The number of benzene rings is 1. The van der Waals surface area contributed by atoms with Crippen molar-refractivity contribution in [3.63, 3.8) is 0 Å². The van der Waals surface area contributed by atoms with Crippen molar-refractivity contribution in [1.82, 2.24) is 14.8 Å². The molecule has 21 heavy (non-hydrogen) atoms. The number of nitrogens with one attached hydrogen (secondary N) is 1. The van der Waals surface area contributed by atoms with Crippen molar-refractivity contribution in [3.8, 4) is 5.69 Å². The standard InChI is InChI=1S/C16H18N4S/c1-3-5-13-11(4-2)12(10-6-7-10)8-9-14(13)20-15(17)18-19-16(20)21/h3-5,8-10H,2,6-7H2,1H3,(H2,17,18)(H,19,21)/b5-3-. The van der Waals surface area contributed by atoms with Crippen molar-refractivity contribution in [2.75, 3.05) is 5.73 Å². The van der Waals surface area contributed by atoms with Crippen LogP contribution in [0.1, 0.15) is 42.4 Å². The van der Waals surface area contributed by atoms with Gasteiger partial charge >= 0.3 is 0 Å². The molecule has 0 radical (unpaired) electrons. The van der Waals surface area contributed by atoms with Crippen LogP contribution in [0.25, 0.3) is 17.8 Å². The highest BCUT2D eigenvalue weighted by Gasteiger charge is 2.27. The predicted molar refractivity (Wildman–Crippen MR) is 89.9 cm³/mol. The molecule has 0 amide bonds. The maximum Gasteiger partial charge on any atom is 0.225 e. The molecular weight excluding hydrogens is 280 g/mol. The van der Waals surface area contributed by atoms with Gasteiger partial charge in [-0.05, 0) is 55.1 Å². The summed E-state index contributed by atoms with van der Waals surface area (Å²) in [4.78, 5) is 0. The van der Waals surface area contributed by atoms with Gasteiger partial charge in [-0.1, -0.05) is 30.9 Å². The van der Waals surface area contributed by atoms with E-state index >= 15 is 0 Å². The second-order valence-corrected chi connectivity index (χ2v) is 5.59. The van der Waals surface area contributed by atoms with Crippen LogP contribution >= 0.6 is 12.2 Å². The normalized spacial score (nSPS) is 14.7. The summed E-state index contributed by atoms with van der Waals surface area (Å²) in [6.45, 7) is 5.99. The summed E-state index contributed by atoms with van der Waals surface area (Å²) in [5.74, 6) is 1.02. The smallest absolute Gasteiger partial charge is 0.225 e. The lowest BCUT2D eigenvalue weighted by Crippen LogP contribution is -2.05. The summed E-state index contributed by atoms with van der Waals surface area (Å²) in [5, 5.41) is 6.73. The number of anilines is 1. The number of hydrogen-bond acceptors (Lipinski definition) is 3. The number of aromatic nitrogens is 3. The van der Waals surface area contributed by atoms with Crippen molar-refractivity contribution >= 4 is 30.3 Å². The van der Waals surface area contributed by atoms with Crippen LogP contribution in [0.15, 0.2) is 24.8 Å². The van der Waals surface area contributed by atoms with E-state index in [1.54, 1.807) is 4.57 Å². The zero-order valence-corrected chi connectivity index (χ0v) is 12.8. The van der Waals surface area contributed by atoms with E-state index in [1.165, 1.54) is 18.4 Å². The molecule has 0 atom stereocenters. The van der Waals surface area contributed by atoms with Gasteiger partial charge in [0, 0.05) is 5.56 Å². The number of nitrogen functional groups attached to an aromatic ring is 1. The Bertz CT molecular complexity index is 778. The van der Waals surface area contributed by atoms with E-state index in [9.17, 15) is 0 Å². The lowest BCUT2D eigenvalue weighted by Gasteiger charge is -2.15. The molecule has 1 aromatic carbocycles. The molecule has 0 aliphatic heterocycles. The molecular formula is C16H18N4S. The molecule has 0 bridgehead atoms. The third kappa shape index (κ3) is 2.34. The molecule has 0 saturated heterocycles. The van der Waals surface area contributed by atoms with Crippen molar-refractivity contribution in [2.24, 2.45) is 0 Å². The van der Waals surface area contributed by atoms with Crippen LogP contribution in [-0.2, 0) is 0 Å². The van der Waals surface area contributed by atoms with Gasteiger partial charge < -0.3 is 5.73 Å². The molecule has 1 fully saturated rings. The van der Waals surface area contributed by atoms with E-state index in [0.29, 0.717) is 16.6 Å². The molecule has 1 aliphatic carbocycles. The van der Waals surface area contributed by atoms with Crippen LogP contribution in [0.5, 0.6) is 0 Å². The number of hydrogen-bond donors (Lipinski definition) is 2. The first kappa shape index (κ1) is 13.8. The first-order chi connectivity index (χ1) is 10.2. The van der Waals surface area contributed by atoms with E-state index in [2.05, 4.69) is 35.0 Å². The second-order valence-electron chi connectivity index (χ2n) is 5.20. The molecule has 3 rings (SSSR count). The topological polar surface area (TPSA) is 59.6 Å². The van der Waals surface area contributed by atoms with Gasteiger partial charge in [0.2, 0.25) is 10.7 Å². The fourth-order valence-corrected chi connectivity index (χ4v) is 2.94. The highest BCUT2D eigenvalue weighted by atomic mass is 32.1. The number of aromatic amines is 1. The summed E-state index contributed by atoms with van der Waals surface area (Å²) in [6.07, 6.45) is 8.52. The lowest BCUT2D eigenvalue weighted by atomic mass is 9.95. The minimum atomic E-state index is 0.361. The molecule has 1 aromatic heterocycles. The minimum absolute atomic E-state index is 0.361. The molecule has 4 nitrogen and oxygen atoms in total. The monoisotopic (exact) mass is 298 g/mol. The van der Waals surface area contributed by atoms with Crippen LogP contribution in [0, 0.1) is 4.77 Å².